The number of pyridine rings is 1. The summed E-state index contributed by atoms with van der Waals surface area (Å²) in [6, 6.07) is 10.2. The van der Waals surface area contributed by atoms with Crippen LogP contribution >= 0.6 is 0 Å². The quantitative estimate of drug-likeness (QED) is 0.850. The third-order valence-electron chi connectivity index (χ3n) is 2.81. The number of aliphatic hydroxyl groups is 1. The minimum Gasteiger partial charge on any atom is -0.393 e. The third kappa shape index (κ3) is 2.39. The van der Waals surface area contributed by atoms with Crippen molar-refractivity contribution in [3.8, 4) is 0 Å². The van der Waals surface area contributed by atoms with Gasteiger partial charge in [0.1, 0.15) is 0 Å². The fourth-order valence-corrected chi connectivity index (χ4v) is 2.00. The molecule has 0 bridgehead atoms. The Hall–Kier alpha value is -1.41. The van der Waals surface area contributed by atoms with E-state index < -0.39 is 0 Å². The maximum Gasteiger partial charge on any atom is 0.0595 e. The lowest BCUT2D eigenvalue weighted by molar-refractivity contribution is 0.163. The molecule has 84 valence electrons. The monoisotopic (exact) mass is 215 g/mol. The second-order valence-corrected chi connectivity index (χ2v) is 4.13. The van der Waals surface area contributed by atoms with E-state index in [-0.39, 0.29) is 6.10 Å². The van der Waals surface area contributed by atoms with Crippen molar-refractivity contribution in [3.05, 3.63) is 42.2 Å². The molecule has 0 amide bonds. The Morgan fingerprint density at radius 1 is 1.25 bits per heavy atom. The second-order valence-electron chi connectivity index (χ2n) is 4.13. The highest BCUT2D eigenvalue weighted by molar-refractivity contribution is 5.84. The highest BCUT2D eigenvalue weighted by Crippen LogP contribution is 2.18. The van der Waals surface area contributed by atoms with Crippen molar-refractivity contribution in [1.82, 2.24) is 4.98 Å². The van der Waals surface area contributed by atoms with Crippen LogP contribution in [0.3, 0.4) is 0 Å². The van der Waals surface area contributed by atoms with Crippen LogP contribution in [0.5, 0.6) is 0 Å². The molecular formula is C14H17NO. The van der Waals surface area contributed by atoms with Crippen LogP contribution in [0.2, 0.25) is 0 Å². The van der Waals surface area contributed by atoms with Gasteiger partial charge < -0.3 is 5.11 Å². The molecule has 0 aliphatic carbocycles. The van der Waals surface area contributed by atoms with Gasteiger partial charge in [-0.3, -0.25) is 4.98 Å². The average molecular weight is 215 g/mol. The van der Waals surface area contributed by atoms with Gasteiger partial charge in [0.15, 0.2) is 0 Å². The minimum atomic E-state index is -0.275. The van der Waals surface area contributed by atoms with Crippen LogP contribution in [0, 0.1) is 0 Å². The lowest BCUT2D eigenvalue weighted by Crippen LogP contribution is -2.11. The van der Waals surface area contributed by atoms with E-state index in [0.717, 1.165) is 23.9 Å². The highest BCUT2D eigenvalue weighted by Gasteiger charge is 2.08. The fraction of sp³-hybridized carbons (Fsp3) is 0.357. The van der Waals surface area contributed by atoms with Gasteiger partial charge in [0.2, 0.25) is 0 Å². The number of rotatable bonds is 4. The Labute approximate surface area is 96.0 Å². The summed E-state index contributed by atoms with van der Waals surface area (Å²) in [5.74, 6) is 0. The van der Waals surface area contributed by atoms with Crippen LogP contribution in [0.15, 0.2) is 36.5 Å². The van der Waals surface area contributed by atoms with Gasteiger partial charge in [-0.1, -0.05) is 37.6 Å². The topological polar surface area (TPSA) is 33.1 Å². The van der Waals surface area contributed by atoms with Crippen molar-refractivity contribution in [2.45, 2.75) is 32.3 Å². The molecular weight excluding hydrogens is 198 g/mol. The van der Waals surface area contributed by atoms with Crippen LogP contribution in [0.25, 0.3) is 10.8 Å². The summed E-state index contributed by atoms with van der Waals surface area (Å²) >= 11 is 0. The lowest BCUT2D eigenvalue weighted by atomic mass is 10.0. The number of hydrogen-bond acceptors (Lipinski definition) is 2. The number of fused-ring (bicyclic) bond motifs is 1. The van der Waals surface area contributed by atoms with Crippen molar-refractivity contribution in [2.24, 2.45) is 0 Å². The molecule has 2 heteroatoms. The van der Waals surface area contributed by atoms with Crippen LogP contribution < -0.4 is 0 Å². The van der Waals surface area contributed by atoms with Crippen molar-refractivity contribution >= 4 is 10.8 Å². The minimum absolute atomic E-state index is 0.275. The molecule has 1 atom stereocenters. The lowest BCUT2D eigenvalue weighted by Gasteiger charge is -2.10. The second kappa shape index (κ2) is 5.08. The van der Waals surface area contributed by atoms with Crippen LogP contribution in [-0.4, -0.2) is 16.2 Å². The molecule has 0 aliphatic rings. The first-order valence-corrected chi connectivity index (χ1v) is 5.82. The van der Waals surface area contributed by atoms with Gasteiger partial charge in [0.05, 0.1) is 11.8 Å². The standard InChI is InChI=1S/C14H17NO/c1-2-5-12(16)10-14-13-7-4-3-6-11(13)8-9-15-14/h3-4,6-9,12,16H,2,5,10H2,1H3. The van der Waals surface area contributed by atoms with Crippen LogP contribution in [0.1, 0.15) is 25.5 Å². The van der Waals surface area contributed by atoms with Crippen molar-refractivity contribution in [2.75, 3.05) is 0 Å². The molecule has 1 aromatic heterocycles. The number of hydrogen-bond donors (Lipinski definition) is 1. The molecule has 0 fully saturated rings. The van der Waals surface area contributed by atoms with Crippen molar-refractivity contribution in [1.29, 1.82) is 0 Å². The molecule has 1 N–H and O–H groups in total. The Morgan fingerprint density at radius 2 is 2.06 bits per heavy atom. The van der Waals surface area contributed by atoms with Gasteiger partial charge >= 0.3 is 0 Å². The van der Waals surface area contributed by atoms with Crippen molar-refractivity contribution < 1.29 is 5.11 Å². The largest absolute Gasteiger partial charge is 0.393 e. The van der Waals surface area contributed by atoms with Gasteiger partial charge in [0, 0.05) is 18.0 Å². The molecule has 2 aromatic rings. The van der Waals surface area contributed by atoms with Crippen LogP contribution in [0.4, 0.5) is 0 Å². The molecule has 1 heterocycles. The first-order chi connectivity index (χ1) is 7.81. The Morgan fingerprint density at radius 3 is 2.88 bits per heavy atom. The number of aromatic nitrogens is 1. The van der Waals surface area contributed by atoms with Crippen molar-refractivity contribution in [3.63, 3.8) is 0 Å². The van der Waals surface area contributed by atoms with E-state index in [1.165, 1.54) is 5.39 Å². The molecule has 16 heavy (non-hydrogen) atoms. The van der Waals surface area contributed by atoms with E-state index in [0.29, 0.717) is 6.42 Å². The summed E-state index contributed by atoms with van der Waals surface area (Å²) in [5.41, 5.74) is 0.999. The zero-order valence-electron chi connectivity index (χ0n) is 9.56. The maximum atomic E-state index is 9.82. The molecule has 0 saturated heterocycles. The molecule has 0 radical (unpaired) electrons. The Kier molecular flexibility index (Phi) is 3.52. The molecule has 1 aromatic carbocycles. The first kappa shape index (κ1) is 11.1. The first-order valence-electron chi connectivity index (χ1n) is 5.82. The zero-order chi connectivity index (χ0) is 11.4. The van der Waals surface area contributed by atoms with Gasteiger partial charge in [0.25, 0.3) is 0 Å². The molecule has 0 aliphatic heterocycles. The number of nitrogens with zero attached hydrogens (tertiary/aromatic N) is 1. The smallest absolute Gasteiger partial charge is 0.0595 e. The predicted molar refractivity (Wildman–Crippen MR) is 66.4 cm³/mol. The summed E-state index contributed by atoms with van der Waals surface area (Å²) in [5, 5.41) is 12.2. The normalized spacial score (nSPS) is 12.9. The molecule has 0 spiro atoms. The van der Waals surface area contributed by atoms with E-state index in [1.807, 2.05) is 24.4 Å². The summed E-state index contributed by atoms with van der Waals surface area (Å²) in [4.78, 5) is 4.37. The van der Waals surface area contributed by atoms with E-state index in [4.69, 9.17) is 0 Å². The summed E-state index contributed by atoms with van der Waals surface area (Å²) in [6.45, 7) is 2.08. The Balaban J connectivity index is 2.30. The highest BCUT2D eigenvalue weighted by atomic mass is 16.3. The van der Waals surface area contributed by atoms with Gasteiger partial charge in [-0.05, 0) is 17.9 Å². The third-order valence-corrected chi connectivity index (χ3v) is 2.81. The number of aliphatic hydroxyl groups excluding tert-OH is 1. The average Bonchev–Trinajstić information content (AvgIpc) is 2.30. The molecule has 2 rings (SSSR count). The zero-order valence-corrected chi connectivity index (χ0v) is 9.56. The fourth-order valence-electron chi connectivity index (χ4n) is 2.00. The SMILES string of the molecule is CCCC(O)Cc1nccc2ccccc12. The summed E-state index contributed by atoms with van der Waals surface area (Å²) in [7, 11) is 0. The van der Waals surface area contributed by atoms with Gasteiger partial charge in [-0.2, -0.15) is 0 Å². The predicted octanol–water partition coefficient (Wildman–Crippen LogP) is 2.94. The molecule has 0 saturated carbocycles. The molecule has 2 nitrogen and oxygen atoms in total. The van der Waals surface area contributed by atoms with Gasteiger partial charge in [-0.15, -0.1) is 0 Å². The summed E-state index contributed by atoms with van der Waals surface area (Å²) < 4.78 is 0. The van der Waals surface area contributed by atoms with E-state index >= 15 is 0 Å². The van der Waals surface area contributed by atoms with E-state index in [2.05, 4.69) is 24.0 Å². The van der Waals surface area contributed by atoms with E-state index in [1.54, 1.807) is 0 Å². The maximum absolute atomic E-state index is 9.82. The molecule has 1 unspecified atom stereocenters. The Bertz CT molecular complexity index is 462. The van der Waals surface area contributed by atoms with Gasteiger partial charge in [-0.25, -0.2) is 0 Å². The van der Waals surface area contributed by atoms with Crippen LogP contribution in [-0.2, 0) is 6.42 Å². The van der Waals surface area contributed by atoms with E-state index in [9.17, 15) is 5.11 Å². The summed E-state index contributed by atoms with van der Waals surface area (Å²) in [6.07, 6.45) is 4.03. The number of benzene rings is 1.